The van der Waals surface area contributed by atoms with Gasteiger partial charge in [-0.3, -0.25) is 14.5 Å². The largest absolute Gasteiger partial charge is 0.496 e. The van der Waals surface area contributed by atoms with Gasteiger partial charge in [-0.1, -0.05) is 18.2 Å². The molecule has 0 saturated carbocycles. The van der Waals surface area contributed by atoms with Crippen molar-refractivity contribution in [3.63, 3.8) is 0 Å². The normalized spacial score (nSPS) is 18.0. The number of amides is 2. The second kappa shape index (κ2) is 4.41. The van der Waals surface area contributed by atoms with Crippen LogP contribution in [0, 0.1) is 0 Å². The number of hydrogen-bond donors (Lipinski definition) is 0. The van der Waals surface area contributed by atoms with E-state index in [-0.39, 0.29) is 18.2 Å². The summed E-state index contributed by atoms with van der Waals surface area (Å²) in [5, 5.41) is 0. The Labute approximate surface area is 99.5 Å². The molecule has 1 fully saturated rings. The van der Waals surface area contributed by atoms with Gasteiger partial charge in [-0.15, -0.1) is 0 Å². The van der Waals surface area contributed by atoms with Crippen molar-refractivity contribution in [3.8, 4) is 5.75 Å². The third-order valence-electron chi connectivity index (χ3n) is 2.76. The first kappa shape index (κ1) is 11.4. The molecular weight excluding hydrogens is 218 g/mol. The summed E-state index contributed by atoms with van der Waals surface area (Å²) in [6.07, 6.45) is 1.87. The van der Waals surface area contributed by atoms with Crippen molar-refractivity contribution in [1.82, 2.24) is 4.90 Å². The van der Waals surface area contributed by atoms with Crippen LogP contribution in [0.25, 0.3) is 6.08 Å². The Morgan fingerprint density at radius 2 is 2.00 bits per heavy atom. The quantitative estimate of drug-likeness (QED) is 0.572. The Hall–Kier alpha value is -2.10. The molecule has 4 heteroatoms. The van der Waals surface area contributed by atoms with E-state index < -0.39 is 0 Å². The zero-order valence-electron chi connectivity index (χ0n) is 9.77. The van der Waals surface area contributed by atoms with Crippen LogP contribution in [0.15, 0.2) is 29.8 Å². The molecule has 0 N–H and O–H groups in total. The van der Waals surface area contributed by atoms with E-state index in [1.165, 1.54) is 7.05 Å². The first-order valence-electron chi connectivity index (χ1n) is 5.28. The number of imide groups is 1. The number of methoxy groups -OCH3 is 1. The fourth-order valence-corrected chi connectivity index (χ4v) is 1.77. The second-order valence-electron chi connectivity index (χ2n) is 3.85. The van der Waals surface area contributed by atoms with Gasteiger partial charge >= 0.3 is 0 Å². The Morgan fingerprint density at radius 1 is 1.29 bits per heavy atom. The van der Waals surface area contributed by atoms with Crippen LogP contribution in [-0.2, 0) is 9.59 Å². The predicted octanol–water partition coefficient (Wildman–Crippen LogP) is 1.47. The third kappa shape index (κ3) is 2.06. The van der Waals surface area contributed by atoms with Gasteiger partial charge in [0.05, 0.1) is 13.5 Å². The molecule has 17 heavy (non-hydrogen) atoms. The minimum atomic E-state index is -0.235. The maximum Gasteiger partial charge on any atom is 0.256 e. The SMILES string of the molecule is COc1ccccc1/C=C1\CC(=O)N(C)C1=O. The number of likely N-dealkylation sites (N-methyl/N-ethyl adjacent to an activating group) is 1. The van der Waals surface area contributed by atoms with Gasteiger partial charge < -0.3 is 4.74 Å². The van der Waals surface area contributed by atoms with Gasteiger partial charge in [-0.25, -0.2) is 0 Å². The summed E-state index contributed by atoms with van der Waals surface area (Å²) in [5.74, 6) is 0.284. The van der Waals surface area contributed by atoms with Gasteiger partial charge in [-0.05, 0) is 12.1 Å². The number of para-hydroxylation sites is 1. The molecule has 1 aliphatic rings. The summed E-state index contributed by atoms with van der Waals surface area (Å²) in [7, 11) is 3.07. The highest BCUT2D eigenvalue weighted by Crippen LogP contribution is 2.25. The minimum Gasteiger partial charge on any atom is -0.496 e. The molecule has 88 valence electrons. The average Bonchev–Trinajstić information content (AvgIpc) is 2.58. The van der Waals surface area contributed by atoms with Crippen LogP contribution in [0.2, 0.25) is 0 Å². The number of ether oxygens (including phenoxy) is 1. The Balaban J connectivity index is 2.37. The molecule has 0 unspecified atom stereocenters. The molecule has 1 aliphatic heterocycles. The maximum absolute atomic E-state index is 11.7. The molecule has 1 heterocycles. The van der Waals surface area contributed by atoms with Gasteiger partial charge in [0.2, 0.25) is 5.91 Å². The zero-order chi connectivity index (χ0) is 12.4. The topological polar surface area (TPSA) is 46.6 Å². The van der Waals surface area contributed by atoms with Gasteiger partial charge in [0.1, 0.15) is 5.75 Å². The van der Waals surface area contributed by atoms with E-state index in [1.54, 1.807) is 13.2 Å². The van der Waals surface area contributed by atoms with Crippen molar-refractivity contribution in [2.75, 3.05) is 14.2 Å². The summed E-state index contributed by atoms with van der Waals surface area (Å²) in [4.78, 5) is 24.2. The van der Waals surface area contributed by atoms with Gasteiger partial charge in [0.15, 0.2) is 0 Å². The first-order valence-corrected chi connectivity index (χ1v) is 5.28. The Bertz CT molecular complexity index is 505. The first-order chi connectivity index (χ1) is 8.13. The number of rotatable bonds is 2. The van der Waals surface area contributed by atoms with Gasteiger partial charge in [0.25, 0.3) is 5.91 Å². The average molecular weight is 231 g/mol. The Kier molecular flexibility index (Phi) is 2.95. The van der Waals surface area contributed by atoms with Crippen LogP contribution in [0.3, 0.4) is 0 Å². The molecule has 0 bridgehead atoms. The fraction of sp³-hybridized carbons (Fsp3) is 0.231. The molecule has 1 saturated heterocycles. The highest BCUT2D eigenvalue weighted by Gasteiger charge is 2.30. The molecule has 0 aliphatic carbocycles. The van der Waals surface area contributed by atoms with Gasteiger partial charge in [-0.2, -0.15) is 0 Å². The van der Waals surface area contributed by atoms with Crippen LogP contribution in [0.4, 0.5) is 0 Å². The third-order valence-corrected chi connectivity index (χ3v) is 2.76. The summed E-state index contributed by atoms with van der Waals surface area (Å²) in [6, 6.07) is 7.38. The number of carbonyl (C=O) groups is 2. The molecule has 0 spiro atoms. The molecule has 0 radical (unpaired) electrons. The lowest BCUT2D eigenvalue weighted by Gasteiger charge is -2.05. The monoisotopic (exact) mass is 231 g/mol. The van der Waals surface area contributed by atoms with E-state index in [1.807, 2.05) is 24.3 Å². The summed E-state index contributed by atoms with van der Waals surface area (Å²) >= 11 is 0. The fourth-order valence-electron chi connectivity index (χ4n) is 1.77. The summed E-state index contributed by atoms with van der Waals surface area (Å²) in [6.45, 7) is 0. The molecule has 0 aromatic heterocycles. The van der Waals surface area contributed by atoms with E-state index in [4.69, 9.17) is 4.74 Å². The highest BCUT2D eigenvalue weighted by atomic mass is 16.5. The second-order valence-corrected chi connectivity index (χ2v) is 3.85. The van der Waals surface area contributed by atoms with E-state index in [0.29, 0.717) is 11.3 Å². The maximum atomic E-state index is 11.7. The Morgan fingerprint density at radius 3 is 2.59 bits per heavy atom. The molecule has 4 nitrogen and oxygen atoms in total. The number of carbonyl (C=O) groups excluding carboxylic acids is 2. The molecule has 1 aromatic rings. The molecule has 1 aromatic carbocycles. The predicted molar refractivity (Wildman–Crippen MR) is 63.4 cm³/mol. The molecular formula is C13H13NO3. The van der Waals surface area contributed by atoms with Crippen molar-refractivity contribution in [3.05, 3.63) is 35.4 Å². The van der Waals surface area contributed by atoms with Crippen molar-refractivity contribution >= 4 is 17.9 Å². The lowest BCUT2D eigenvalue weighted by atomic mass is 10.1. The highest BCUT2D eigenvalue weighted by molar-refractivity contribution is 6.15. The van der Waals surface area contributed by atoms with Crippen LogP contribution >= 0.6 is 0 Å². The van der Waals surface area contributed by atoms with Crippen LogP contribution in [-0.4, -0.2) is 30.9 Å². The van der Waals surface area contributed by atoms with E-state index >= 15 is 0 Å². The van der Waals surface area contributed by atoms with Crippen molar-refractivity contribution in [1.29, 1.82) is 0 Å². The summed E-state index contributed by atoms with van der Waals surface area (Å²) < 4.78 is 5.19. The standard InChI is InChI=1S/C13H13NO3/c1-14-12(15)8-10(13(14)16)7-9-5-3-4-6-11(9)17-2/h3-7H,8H2,1-2H3/b10-7+. The van der Waals surface area contributed by atoms with Crippen molar-refractivity contribution < 1.29 is 14.3 Å². The number of hydrogen-bond acceptors (Lipinski definition) is 3. The molecule has 0 atom stereocenters. The van der Waals surface area contributed by atoms with E-state index in [0.717, 1.165) is 10.5 Å². The lowest BCUT2D eigenvalue weighted by Crippen LogP contribution is -2.23. The molecule has 2 rings (SSSR count). The van der Waals surface area contributed by atoms with Crippen LogP contribution in [0.1, 0.15) is 12.0 Å². The summed E-state index contributed by atoms with van der Waals surface area (Å²) in [5.41, 5.74) is 1.31. The smallest absolute Gasteiger partial charge is 0.256 e. The number of nitrogens with zero attached hydrogens (tertiary/aromatic N) is 1. The number of benzene rings is 1. The molecule has 2 amide bonds. The minimum absolute atomic E-state index is 0.160. The van der Waals surface area contributed by atoms with Crippen molar-refractivity contribution in [2.45, 2.75) is 6.42 Å². The number of likely N-dealkylation sites (tertiary alicyclic amines) is 1. The van der Waals surface area contributed by atoms with Crippen molar-refractivity contribution in [2.24, 2.45) is 0 Å². The van der Waals surface area contributed by atoms with Crippen LogP contribution < -0.4 is 4.74 Å². The van der Waals surface area contributed by atoms with E-state index in [9.17, 15) is 9.59 Å². The lowest BCUT2D eigenvalue weighted by molar-refractivity contribution is -0.135. The van der Waals surface area contributed by atoms with Gasteiger partial charge in [0, 0.05) is 18.2 Å². The zero-order valence-corrected chi connectivity index (χ0v) is 9.77. The van der Waals surface area contributed by atoms with Crippen LogP contribution in [0.5, 0.6) is 5.75 Å². The van der Waals surface area contributed by atoms with E-state index in [2.05, 4.69) is 0 Å².